The van der Waals surface area contributed by atoms with Gasteiger partial charge in [-0.2, -0.15) is 0 Å². The van der Waals surface area contributed by atoms with Crippen LogP contribution in [0.25, 0.3) is 17.1 Å². The number of ether oxygens (including phenoxy) is 1. The number of imide groups is 1. The molecule has 1 unspecified atom stereocenters. The lowest BCUT2D eigenvalue weighted by Gasteiger charge is -2.21. The lowest BCUT2D eigenvalue weighted by atomic mass is 10.1. The molecule has 1 aliphatic rings. The van der Waals surface area contributed by atoms with E-state index in [9.17, 15) is 14.4 Å². The average molecular weight is 329 g/mol. The molecule has 0 spiro atoms. The van der Waals surface area contributed by atoms with Crippen LogP contribution in [0.4, 0.5) is 0 Å². The molecule has 1 aromatic heterocycles. The van der Waals surface area contributed by atoms with Gasteiger partial charge in [-0.1, -0.05) is 6.07 Å². The van der Waals surface area contributed by atoms with Crippen LogP contribution in [0.3, 0.4) is 0 Å². The van der Waals surface area contributed by atoms with Gasteiger partial charge in [0, 0.05) is 13.5 Å². The fourth-order valence-electron chi connectivity index (χ4n) is 2.94. The summed E-state index contributed by atoms with van der Waals surface area (Å²) in [5.41, 5.74) is 2.02. The molecule has 0 bridgehead atoms. The zero-order chi connectivity index (χ0) is 17.3. The largest absolute Gasteiger partial charge is 0.501 e. The number of hydrogen-bond donors (Lipinski definition) is 1. The van der Waals surface area contributed by atoms with Gasteiger partial charge >= 0.3 is 5.69 Å². The number of rotatable bonds is 4. The number of amides is 2. The number of carbonyl (C=O) groups excluding carboxylic acids is 2. The minimum absolute atomic E-state index is 0.231. The summed E-state index contributed by atoms with van der Waals surface area (Å²) in [6.07, 6.45) is 3.98. The Morgan fingerprint density at radius 3 is 2.79 bits per heavy atom. The predicted octanol–water partition coefficient (Wildman–Crippen LogP) is 1.32. The molecule has 3 rings (SSSR count). The van der Waals surface area contributed by atoms with Gasteiger partial charge in [-0.3, -0.25) is 24.0 Å². The molecule has 1 atom stereocenters. The number of nitrogens with zero attached hydrogens (tertiary/aromatic N) is 2. The number of benzene rings is 1. The highest BCUT2D eigenvalue weighted by Crippen LogP contribution is 2.23. The Morgan fingerprint density at radius 2 is 2.08 bits per heavy atom. The zero-order valence-electron chi connectivity index (χ0n) is 13.6. The number of carbonyl (C=O) groups is 2. The van der Waals surface area contributed by atoms with Gasteiger partial charge in [0.2, 0.25) is 11.8 Å². The molecule has 1 aromatic carbocycles. The third-order valence-corrected chi connectivity index (χ3v) is 4.16. The van der Waals surface area contributed by atoms with Crippen molar-refractivity contribution in [3.8, 4) is 0 Å². The minimum Gasteiger partial charge on any atom is -0.501 e. The fraction of sp³-hybridized carbons (Fsp3) is 0.353. The van der Waals surface area contributed by atoms with Crippen LogP contribution < -0.4 is 11.0 Å². The van der Waals surface area contributed by atoms with Crippen LogP contribution in [0.2, 0.25) is 0 Å². The standard InChI is InChI=1S/C17H19N3O4/c1-3-24-9-8-11-4-5-12-14(10-11)19(2)17(23)20(12)13-6-7-15(21)18-16(13)22/h4-5,8-10,13H,3,6-7H2,1-2H3,(H,18,21,22)/b9-8+. The van der Waals surface area contributed by atoms with Crippen molar-refractivity contribution in [3.63, 3.8) is 0 Å². The van der Waals surface area contributed by atoms with Gasteiger partial charge in [0.25, 0.3) is 0 Å². The van der Waals surface area contributed by atoms with E-state index in [1.54, 1.807) is 13.3 Å². The van der Waals surface area contributed by atoms with Gasteiger partial charge in [0.1, 0.15) is 6.04 Å². The van der Waals surface area contributed by atoms with Crippen molar-refractivity contribution < 1.29 is 14.3 Å². The highest BCUT2D eigenvalue weighted by atomic mass is 16.5. The highest BCUT2D eigenvalue weighted by molar-refractivity contribution is 6.00. The normalized spacial score (nSPS) is 18.3. The number of nitrogens with one attached hydrogen (secondary N) is 1. The molecule has 0 saturated carbocycles. The quantitative estimate of drug-likeness (QED) is 0.677. The SMILES string of the molecule is CCO/C=C/c1ccc2c(c1)n(C)c(=O)n2C1CCC(=O)NC1=O. The van der Waals surface area contributed by atoms with Crippen LogP contribution >= 0.6 is 0 Å². The summed E-state index contributed by atoms with van der Waals surface area (Å²) in [6, 6.07) is 4.88. The van der Waals surface area contributed by atoms with Gasteiger partial charge in [0.05, 0.1) is 23.9 Å². The molecule has 0 radical (unpaired) electrons. The van der Waals surface area contributed by atoms with Gasteiger partial charge < -0.3 is 4.74 Å². The van der Waals surface area contributed by atoms with Gasteiger partial charge in [0.15, 0.2) is 0 Å². The summed E-state index contributed by atoms with van der Waals surface area (Å²) in [5, 5.41) is 2.30. The molecule has 2 heterocycles. The molecule has 1 aliphatic heterocycles. The van der Waals surface area contributed by atoms with Crippen molar-refractivity contribution in [1.82, 2.24) is 14.5 Å². The fourth-order valence-corrected chi connectivity index (χ4v) is 2.94. The number of hydrogen-bond acceptors (Lipinski definition) is 4. The van der Waals surface area contributed by atoms with E-state index in [0.717, 1.165) is 11.1 Å². The number of imidazole rings is 1. The molecular weight excluding hydrogens is 310 g/mol. The van der Waals surface area contributed by atoms with E-state index in [2.05, 4.69) is 5.32 Å². The Hall–Kier alpha value is -2.83. The van der Waals surface area contributed by atoms with Crippen LogP contribution in [-0.2, 0) is 21.4 Å². The van der Waals surface area contributed by atoms with Gasteiger partial charge in [-0.05, 0) is 37.1 Å². The monoisotopic (exact) mass is 329 g/mol. The highest BCUT2D eigenvalue weighted by Gasteiger charge is 2.31. The summed E-state index contributed by atoms with van der Waals surface area (Å²) in [7, 11) is 1.67. The van der Waals surface area contributed by atoms with Gasteiger partial charge in [-0.15, -0.1) is 0 Å². The molecule has 126 valence electrons. The first-order valence-corrected chi connectivity index (χ1v) is 7.85. The first-order chi connectivity index (χ1) is 11.5. The lowest BCUT2D eigenvalue weighted by molar-refractivity contribution is -0.135. The second-order valence-corrected chi connectivity index (χ2v) is 5.68. The second-order valence-electron chi connectivity index (χ2n) is 5.68. The van der Waals surface area contributed by atoms with Crippen LogP contribution in [0.15, 0.2) is 29.3 Å². The Morgan fingerprint density at radius 1 is 1.29 bits per heavy atom. The van der Waals surface area contributed by atoms with Crippen molar-refractivity contribution in [2.75, 3.05) is 6.61 Å². The molecular formula is C17H19N3O4. The maximum Gasteiger partial charge on any atom is 0.329 e. The Kier molecular flexibility index (Phi) is 4.24. The molecule has 24 heavy (non-hydrogen) atoms. The molecule has 7 heteroatoms. The number of aryl methyl sites for hydroxylation is 1. The predicted molar refractivity (Wildman–Crippen MR) is 89.3 cm³/mol. The second kappa shape index (κ2) is 6.35. The molecule has 1 fully saturated rings. The molecule has 1 saturated heterocycles. The van der Waals surface area contributed by atoms with Crippen LogP contribution in [-0.4, -0.2) is 27.6 Å². The average Bonchev–Trinajstić information content (AvgIpc) is 2.80. The Balaban J connectivity index is 2.06. The third-order valence-electron chi connectivity index (χ3n) is 4.16. The van der Waals surface area contributed by atoms with E-state index in [-0.39, 0.29) is 18.0 Å². The first-order valence-electron chi connectivity index (χ1n) is 7.85. The Labute approximate surface area is 138 Å². The third kappa shape index (κ3) is 2.73. The molecule has 7 nitrogen and oxygen atoms in total. The van der Waals surface area contributed by atoms with Crippen LogP contribution in [0.5, 0.6) is 0 Å². The van der Waals surface area contributed by atoms with E-state index < -0.39 is 11.9 Å². The van der Waals surface area contributed by atoms with Crippen molar-refractivity contribution >= 4 is 28.9 Å². The van der Waals surface area contributed by atoms with Crippen molar-refractivity contribution in [3.05, 3.63) is 40.5 Å². The molecule has 2 aromatic rings. The van der Waals surface area contributed by atoms with Crippen LogP contribution in [0, 0.1) is 0 Å². The van der Waals surface area contributed by atoms with E-state index >= 15 is 0 Å². The summed E-state index contributed by atoms with van der Waals surface area (Å²) in [5.74, 6) is -0.728. The van der Waals surface area contributed by atoms with E-state index in [4.69, 9.17) is 4.74 Å². The van der Waals surface area contributed by atoms with Crippen molar-refractivity contribution in [2.24, 2.45) is 7.05 Å². The minimum atomic E-state index is -0.663. The number of aromatic nitrogens is 2. The van der Waals surface area contributed by atoms with Crippen LogP contribution in [0.1, 0.15) is 31.4 Å². The molecule has 1 N–H and O–H groups in total. The van der Waals surface area contributed by atoms with E-state index in [1.165, 1.54) is 9.13 Å². The maximum atomic E-state index is 12.6. The first kappa shape index (κ1) is 16.0. The van der Waals surface area contributed by atoms with E-state index in [1.807, 2.05) is 31.2 Å². The topological polar surface area (TPSA) is 82.3 Å². The summed E-state index contributed by atoms with van der Waals surface area (Å²) in [6.45, 7) is 2.49. The van der Waals surface area contributed by atoms with Crippen molar-refractivity contribution in [2.45, 2.75) is 25.8 Å². The van der Waals surface area contributed by atoms with Gasteiger partial charge in [-0.25, -0.2) is 4.79 Å². The number of piperidine rings is 1. The smallest absolute Gasteiger partial charge is 0.329 e. The summed E-state index contributed by atoms with van der Waals surface area (Å²) in [4.78, 5) is 36.1. The van der Waals surface area contributed by atoms with Crippen molar-refractivity contribution in [1.29, 1.82) is 0 Å². The van der Waals surface area contributed by atoms with E-state index in [0.29, 0.717) is 18.5 Å². The summed E-state index contributed by atoms with van der Waals surface area (Å²) < 4.78 is 8.17. The summed E-state index contributed by atoms with van der Waals surface area (Å²) >= 11 is 0. The lowest BCUT2D eigenvalue weighted by Crippen LogP contribution is -2.44. The Bertz CT molecular complexity index is 891. The zero-order valence-corrected chi connectivity index (χ0v) is 13.6. The molecule has 0 aliphatic carbocycles. The molecule has 2 amide bonds. The number of fused-ring (bicyclic) bond motifs is 1. The maximum absolute atomic E-state index is 12.6.